The second kappa shape index (κ2) is 5.56. The molecule has 4 aromatic heterocycles. The SMILES string of the molecule is Nc1nc(N2CCn3c(cnc3CO)C2)cc2nc(-c3ccco3)nn12. The fraction of sp³-hybridized carbons (Fsp3) is 0.250. The van der Waals surface area contributed by atoms with E-state index in [2.05, 4.69) is 25.0 Å². The van der Waals surface area contributed by atoms with Crippen LogP contribution >= 0.6 is 0 Å². The number of nitrogens with two attached hydrogens (primary N) is 1. The average Bonchev–Trinajstić information content (AvgIpc) is 3.39. The number of aliphatic hydroxyl groups excluding tert-OH is 1. The Labute approximate surface area is 147 Å². The van der Waals surface area contributed by atoms with E-state index in [4.69, 9.17) is 10.2 Å². The number of furan rings is 1. The smallest absolute Gasteiger partial charge is 0.225 e. The normalized spacial score (nSPS) is 14.1. The number of aliphatic hydroxyl groups is 1. The number of hydrogen-bond acceptors (Lipinski definition) is 8. The predicted octanol–water partition coefficient (Wildman–Crippen LogP) is 0.675. The van der Waals surface area contributed by atoms with Crippen molar-refractivity contribution < 1.29 is 9.52 Å². The summed E-state index contributed by atoms with van der Waals surface area (Å²) in [5, 5.41) is 13.7. The van der Waals surface area contributed by atoms with Gasteiger partial charge in [0.1, 0.15) is 18.2 Å². The van der Waals surface area contributed by atoms with Crippen LogP contribution in [0.2, 0.25) is 0 Å². The minimum atomic E-state index is -0.0630. The van der Waals surface area contributed by atoms with Gasteiger partial charge in [0.2, 0.25) is 11.8 Å². The lowest BCUT2D eigenvalue weighted by Crippen LogP contribution is -2.34. The van der Waals surface area contributed by atoms with Gasteiger partial charge in [0.25, 0.3) is 0 Å². The first kappa shape index (κ1) is 14.9. The molecule has 132 valence electrons. The van der Waals surface area contributed by atoms with Crippen molar-refractivity contribution in [3.8, 4) is 11.6 Å². The van der Waals surface area contributed by atoms with Gasteiger partial charge >= 0.3 is 0 Å². The molecule has 0 fully saturated rings. The van der Waals surface area contributed by atoms with E-state index in [1.807, 2.05) is 10.6 Å². The zero-order chi connectivity index (χ0) is 17.7. The van der Waals surface area contributed by atoms with E-state index in [9.17, 15) is 5.11 Å². The summed E-state index contributed by atoms with van der Waals surface area (Å²) in [5.41, 5.74) is 7.72. The Morgan fingerprint density at radius 3 is 3.00 bits per heavy atom. The summed E-state index contributed by atoms with van der Waals surface area (Å²) >= 11 is 0. The molecular weight excluding hydrogens is 336 g/mol. The molecule has 0 bridgehead atoms. The summed E-state index contributed by atoms with van der Waals surface area (Å²) in [6.07, 6.45) is 3.36. The van der Waals surface area contributed by atoms with Crippen LogP contribution in [0.25, 0.3) is 17.2 Å². The highest BCUT2D eigenvalue weighted by atomic mass is 16.3. The molecule has 0 aromatic carbocycles. The van der Waals surface area contributed by atoms with Crippen LogP contribution in [0.1, 0.15) is 11.5 Å². The summed E-state index contributed by atoms with van der Waals surface area (Å²) in [4.78, 5) is 15.3. The van der Waals surface area contributed by atoms with Gasteiger partial charge in [0, 0.05) is 19.2 Å². The fourth-order valence-electron chi connectivity index (χ4n) is 3.24. The van der Waals surface area contributed by atoms with E-state index in [1.54, 1.807) is 24.6 Å². The first-order valence-electron chi connectivity index (χ1n) is 8.19. The van der Waals surface area contributed by atoms with E-state index >= 15 is 0 Å². The van der Waals surface area contributed by atoms with Crippen molar-refractivity contribution >= 4 is 17.4 Å². The molecule has 4 aromatic rings. The van der Waals surface area contributed by atoms with Crippen LogP contribution in [0.4, 0.5) is 11.8 Å². The van der Waals surface area contributed by atoms with Gasteiger partial charge in [-0.1, -0.05) is 0 Å². The predicted molar refractivity (Wildman–Crippen MR) is 92.1 cm³/mol. The van der Waals surface area contributed by atoms with Crippen LogP contribution in [0, 0.1) is 0 Å². The Morgan fingerprint density at radius 2 is 2.19 bits per heavy atom. The van der Waals surface area contributed by atoms with E-state index < -0.39 is 0 Å². The molecular formula is C16H16N8O2. The molecule has 0 amide bonds. The Bertz CT molecular complexity index is 1080. The van der Waals surface area contributed by atoms with Crippen molar-refractivity contribution in [3.63, 3.8) is 0 Å². The Morgan fingerprint density at radius 1 is 1.27 bits per heavy atom. The van der Waals surface area contributed by atoms with E-state index in [0.717, 1.165) is 24.6 Å². The zero-order valence-electron chi connectivity index (χ0n) is 13.8. The van der Waals surface area contributed by atoms with Gasteiger partial charge in [0.15, 0.2) is 11.4 Å². The molecule has 0 saturated carbocycles. The topological polar surface area (TPSA) is 124 Å². The van der Waals surface area contributed by atoms with Gasteiger partial charge in [-0.25, -0.2) is 9.97 Å². The third kappa shape index (κ3) is 2.23. The van der Waals surface area contributed by atoms with Crippen LogP contribution in [-0.2, 0) is 19.7 Å². The minimum Gasteiger partial charge on any atom is -0.461 e. The highest BCUT2D eigenvalue weighted by Gasteiger charge is 2.22. The largest absolute Gasteiger partial charge is 0.461 e. The highest BCUT2D eigenvalue weighted by Crippen LogP contribution is 2.24. The van der Waals surface area contributed by atoms with Crippen LogP contribution in [0.3, 0.4) is 0 Å². The van der Waals surface area contributed by atoms with Gasteiger partial charge in [-0.2, -0.15) is 9.50 Å². The molecule has 0 aliphatic carbocycles. The lowest BCUT2D eigenvalue weighted by molar-refractivity contribution is 0.263. The molecule has 1 aliphatic rings. The molecule has 3 N–H and O–H groups in total. The minimum absolute atomic E-state index is 0.0630. The van der Waals surface area contributed by atoms with Gasteiger partial charge < -0.3 is 24.7 Å². The van der Waals surface area contributed by atoms with E-state index in [-0.39, 0.29) is 12.6 Å². The Balaban J connectivity index is 1.51. The third-order valence-corrected chi connectivity index (χ3v) is 4.51. The van der Waals surface area contributed by atoms with Crippen molar-refractivity contribution in [1.29, 1.82) is 0 Å². The molecule has 5 rings (SSSR count). The number of aromatic nitrogens is 6. The quantitative estimate of drug-likeness (QED) is 0.551. The van der Waals surface area contributed by atoms with Crippen LogP contribution in [-0.4, -0.2) is 40.8 Å². The van der Waals surface area contributed by atoms with Crippen molar-refractivity contribution in [3.05, 3.63) is 42.2 Å². The van der Waals surface area contributed by atoms with Crippen molar-refractivity contribution in [1.82, 2.24) is 29.1 Å². The molecule has 0 radical (unpaired) electrons. The molecule has 10 nitrogen and oxygen atoms in total. The molecule has 10 heteroatoms. The number of rotatable bonds is 3. The molecule has 26 heavy (non-hydrogen) atoms. The maximum atomic E-state index is 9.35. The number of nitrogens with zero attached hydrogens (tertiary/aromatic N) is 7. The summed E-state index contributed by atoms with van der Waals surface area (Å²) in [5.74, 6) is 2.71. The number of nitrogen functional groups attached to an aromatic ring is 1. The average molecular weight is 352 g/mol. The standard InChI is InChI=1S/C16H16N8O2/c17-16-20-12(22-3-4-23-10(8-22)7-18-14(23)9-25)6-13-19-15(21-24(13)16)11-2-1-5-26-11/h1-2,5-7,25H,3-4,8-9H2,(H2,17,20). The van der Waals surface area contributed by atoms with Crippen LogP contribution in [0.15, 0.2) is 35.1 Å². The lowest BCUT2D eigenvalue weighted by atomic mass is 10.3. The maximum Gasteiger partial charge on any atom is 0.225 e. The Hall–Kier alpha value is -3.40. The van der Waals surface area contributed by atoms with Crippen molar-refractivity contribution in [2.45, 2.75) is 19.7 Å². The fourth-order valence-corrected chi connectivity index (χ4v) is 3.24. The van der Waals surface area contributed by atoms with Gasteiger partial charge in [-0.3, -0.25) is 0 Å². The third-order valence-electron chi connectivity index (χ3n) is 4.51. The van der Waals surface area contributed by atoms with Crippen LogP contribution in [0.5, 0.6) is 0 Å². The lowest BCUT2D eigenvalue weighted by Gasteiger charge is -2.29. The molecule has 1 aliphatic heterocycles. The van der Waals surface area contributed by atoms with E-state index in [1.165, 1.54) is 4.52 Å². The number of imidazole rings is 1. The van der Waals surface area contributed by atoms with Crippen LogP contribution < -0.4 is 10.6 Å². The Kier molecular flexibility index (Phi) is 3.19. The monoisotopic (exact) mass is 352 g/mol. The van der Waals surface area contributed by atoms with Crippen molar-refractivity contribution in [2.24, 2.45) is 0 Å². The molecule has 5 heterocycles. The molecule has 0 unspecified atom stereocenters. The second-order valence-electron chi connectivity index (χ2n) is 6.05. The summed E-state index contributed by atoms with van der Waals surface area (Å²) in [7, 11) is 0. The molecule has 0 atom stereocenters. The second-order valence-corrected chi connectivity index (χ2v) is 6.05. The molecule has 0 spiro atoms. The first-order valence-corrected chi connectivity index (χ1v) is 8.19. The van der Waals surface area contributed by atoms with Crippen molar-refractivity contribution in [2.75, 3.05) is 17.2 Å². The number of hydrogen-bond donors (Lipinski definition) is 2. The summed E-state index contributed by atoms with van der Waals surface area (Å²) in [6, 6.07) is 5.43. The number of fused-ring (bicyclic) bond motifs is 2. The molecule has 0 saturated heterocycles. The van der Waals surface area contributed by atoms with Gasteiger partial charge in [-0.15, -0.1) is 5.10 Å². The zero-order valence-corrected chi connectivity index (χ0v) is 13.8. The summed E-state index contributed by atoms with van der Waals surface area (Å²) in [6.45, 7) is 2.03. The van der Waals surface area contributed by atoms with Gasteiger partial charge in [0.05, 0.1) is 24.7 Å². The first-order chi connectivity index (χ1) is 12.7. The maximum absolute atomic E-state index is 9.35. The summed E-state index contributed by atoms with van der Waals surface area (Å²) < 4.78 is 8.88. The number of anilines is 2. The van der Waals surface area contributed by atoms with Gasteiger partial charge in [-0.05, 0) is 12.1 Å². The highest BCUT2D eigenvalue weighted by molar-refractivity contribution is 5.59. The van der Waals surface area contributed by atoms with E-state index in [0.29, 0.717) is 29.6 Å².